The molecule has 6 nitrogen and oxygen atoms in total. The van der Waals surface area contributed by atoms with Gasteiger partial charge in [0.2, 0.25) is 0 Å². The maximum Gasteiger partial charge on any atom is 0.251 e. The van der Waals surface area contributed by atoms with Gasteiger partial charge in [0.15, 0.2) is 5.96 Å². The Morgan fingerprint density at radius 3 is 2.62 bits per heavy atom. The lowest BCUT2D eigenvalue weighted by molar-refractivity contribution is 0.0939. The van der Waals surface area contributed by atoms with Gasteiger partial charge in [-0.3, -0.25) is 9.69 Å². The van der Waals surface area contributed by atoms with E-state index in [0.717, 1.165) is 37.6 Å². The average Bonchev–Trinajstić information content (AvgIpc) is 3.07. The summed E-state index contributed by atoms with van der Waals surface area (Å²) in [6, 6.07) is 8.86. The van der Waals surface area contributed by atoms with Gasteiger partial charge >= 0.3 is 0 Å². The van der Waals surface area contributed by atoms with Crippen LogP contribution in [0.25, 0.3) is 0 Å². The van der Waals surface area contributed by atoms with Crippen LogP contribution in [0.1, 0.15) is 63.9 Å². The highest BCUT2D eigenvalue weighted by Crippen LogP contribution is 2.18. The third kappa shape index (κ3) is 7.03. The minimum Gasteiger partial charge on any atom is -0.357 e. The summed E-state index contributed by atoms with van der Waals surface area (Å²) in [5.41, 5.74) is 1.72. The van der Waals surface area contributed by atoms with Crippen LogP contribution in [0.15, 0.2) is 29.3 Å². The predicted octanol–water partition coefficient (Wildman–Crippen LogP) is 3.00. The second-order valence-electron chi connectivity index (χ2n) is 8.45. The molecular formula is C23H39N5O. The van der Waals surface area contributed by atoms with E-state index in [0.29, 0.717) is 30.1 Å². The predicted molar refractivity (Wildman–Crippen MR) is 121 cm³/mol. The molecule has 0 aromatic heterocycles. The first-order chi connectivity index (χ1) is 13.8. The zero-order chi connectivity index (χ0) is 21.4. The monoisotopic (exact) mass is 401 g/mol. The summed E-state index contributed by atoms with van der Waals surface area (Å²) in [6.45, 7) is 16.5. The highest BCUT2D eigenvalue weighted by Gasteiger charge is 2.31. The van der Waals surface area contributed by atoms with Gasteiger partial charge in [-0.05, 0) is 57.7 Å². The van der Waals surface area contributed by atoms with Crippen LogP contribution < -0.4 is 16.0 Å². The van der Waals surface area contributed by atoms with Gasteiger partial charge in [0.1, 0.15) is 0 Å². The van der Waals surface area contributed by atoms with E-state index in [2.05, 4.69) is 55.5 Å². The highest BCUT2D eigenvalue weighted by atomic mass is 16.1. The van der Waals surface area contributed by atoms with Gasteiger partial charge < -0.3 is 16.0 Å². The number of rotatable bonds is 8. The lowest BCUT2D eigenvalue weighted by Crippen LogP contribution is -2.46. The van der Waals surface area contributed by atoms with Crippen molar-refractivity contribution in [1.29, 1.82) is 0 Å². The van der Waals surface area contributed by atoms with E-state index in [1.54, 1.807) is 0 Å². The molecule has 1 saturated heterocycles. The molecule has 162 valence electrons. The van der Waals surface area contributed by atoms with Gasteiger partial charge in [-0.1, -0.05) is 26.0 Å². The van der Waals surface area contributed by atoms with Crippen molar-refractivity contribution in [1.82, 2.24) is 20.9 Å². The molecule has 1 heterocycles. The van der Waals surface area contributed by atoms with Crippen LogP contribution in [0.5, 0.6) is 0 Å². The number of likely N-dealkylation sites (tertiary alicyclic amines) is 1. The van der Waals surface area contributed by atoms with E-state index >= 15 is 0 Å². The molecule has 0 saturated carbocycles. The number of amides is 1. The Morgan fingerprint density at radius 2 is 2.00 bits per heavy atom. The van der Waals surface area contributed by atoms with E-state index in [1.807, 2.05) is 31.2 Å². The molecule has 0 radical (unpaired) electrons. The Kier molecular flexibility index (Phi) is 8.96. The Hall–Kier alpha value is -2.08. The van der Waals surface area contributed by atoms with Crippen molar-refractivity contribution in [2.24, 2.45) is 10.9 Å². The lowest BCUT2D eigenvalue weighted by Gasteiger charge is -2.22. The standard InChI is InChI=1S/C23H39N5O/c1-7-18(6)26-22(29)20-11-9-10-19(12-20)13-25-23(24-8-2)27-21-15-28(16(3)4)14-17(21)5/h9-12,16-18,21H,7-8,13-15H2,1-6H3,(H,26,29)(H2,24,25,27). The molecule has 29 heavy (non-hydrogen) atoms. The average molecular weight is 402 g/mol. The number of aliphatic imine (C=N–C) groups is 1. The normalized spacial score (nSPS) is 21.3. The number of nitrogens with one attached hydrogen (secondary N) is 3. The number of carbonyl (C=O) groups is 1. The van der Waals surface area contributed by atoms with Crippen molar-refractivity contribution in [3.8, 4) is 0 Å². The van der Waals surface area contributed by atoms with Crippen molar-refractivity contribution < 1.29 is 4.79 Å². The molecule has 1 amide bonds. The zero-order valence-corrected chi connectivity index (χ0v) is 19.0. The van der Waals surface area contributed by atoms with Crippen LogP contribution in [0, 0.1) is 5.92 Å². The Balaban J connectivity index is 2.03. The number of benzene rings is 1. The van der Waals surface area contributed by atoms with Gasteiger partial charge in [-0.15, -0.1) is 0 Å². The third-order valence-electron chi connectivity index (χ3n) is 5.64. The molecule has 1 aromatic rings. The summed E-state index contributed by atoms with van der Waals surface area (Å²) in [7, 11) is 0. The number of nitrogens with zero attached hydrogens (tertiary/aromatic N) is 2. The van der Waals surface area contributed by atoms with Crippen LogP contribution in [0.3, 0.4) is 0 Å². The number of hydrogen-bond acceptors (Lipinski definition) is 3. The highest BCUT2D eigenvalue weighted by molar-refractivity contribution is 5.94. The molecule has 6 heteroatoms. The van der Waals surface area contributed by atoms with Gasteiger partial charge in [0.25, 0.3) is 5.91 Å². The zero-order valence-electron chi connectivity index (χ0n) is 19.0. The lowest BCUT2D eigenvalue weighted by atomic mass is 10.1. The van der Waals surface area contributed by atoms with Crippen LogP contribution in [-0.4, -0.2) is 54.5 Å². The fourth-order valence-electron chi connectivity index (χ4n) is 3.50. The van der Waals surface area contributed by atoms with Gasteiger partial charge in [0, 0.05) is 43.3 Å². The van der Waals surface area contributed by atoms with Crippen molar-refractivity contribution >= 4 is 11.9 Å². The first kappa shape index (κ1) is 23.2. The van der Waals surface area contributed by atoms with Crippen LogP contribution in [0.2, 0.25) is 0 Å². The molecule has 1 fully saturated rings. The quantitative estimate of drug-likeness (QED) is 0.463. The second kappa shape index (κ2) is 11.2. The fourth-order valence-corrected chi connectivity index (χ4v) is 3.50. The molecule has 3 unspecified atom stereocenters. The first-order valence-corrected chi connectivity index (χ1v) is 11.0. The molecule has 0 aliphatic carbocycles. The molecule has 0 bridgehead atoms. The van der Waals surface area contributed by atoms with Crippen molar-refractivity contribution in [3.05, 3.63) is 35.4 Å². The van der Waals surface area contributed by atoms with E-state index in [4.69, 9.17) is 4.99 Å². The van der Waals surface area contributed by atoms with E-state index in [1.165, 1.54) is 0 Å². The smallest absolute Gasteiger partial charge is 0.251 e. The van der Waals surface area contributed by atoms with Crippen molar-refractivity contribution in [3.63, 3.8) is 0 Å². The van der Waals surface area contributed by atoms with Crippen molar-refractivity contribution in [2.75, 3.05) is 19.6 Å². The maximum absolute atomic E-state index is 12.4. The molecule has 3 N–H and O–H groups in total. The summed E-state index contributed by atoms with van der Waals surface area (Å²) in [5, 5.41) is 9.99. The minimum atomic E-state index is -0.0243. The largest absolute Gasteiger partial charge is 0.357 e. The minimum absolute atomic E-state index is 0.0243. The Morgan fingerprint density at radius 1 is 1.24 bits per heavy atom. The summed E-state index contributed by atoms with van der Waals surface area (Å²) in [4.78, 5) is 19.7. The van der Waals surface area contributed by atoms with Crippen LogP contribution in [0.4, 0.5) is 0 Å². The summed E-state index contributed by atoms with van der Waals surface area (Å²) < 4.78 is 0. The Labute approximate surface area is 176 Å². The molecule has 1 aliphatic heterocycles. The maximum atomic E-state index is 12.4. The van der Waals surface area contributed by atoms with Crippen LogP contribution in [-0.2, 0) is 6.54 Å². The summed E-state index contributed by atoms with van der Waals surface area (Å²) in [5.74, 6) is 1.39. The molecule has 3 atom stereocenters. The van der Waals surface area contributed by atoms with Crippen LogP contribution >= 0.6 is 0 Å². The molecular weight excluding hydrogens is 362 g/mol. The van der Waals surface area contributed by atoms with Crippen molar-refractivity contribution in [2.45, 2.75) is 72.6 Å². The Bertz CT molecular complexity index is 688. The second-order valence-corrected chi connectivity index (χ2v) is 8.45. The topological polar surface area (TPSA) is 68.8 Å². The van der Waals surface area contributed by atoms with E-state index in [-0.39, 0.29) is 11.9 Å². The van der Waals surface area contributed by atoms with Gasteiger partial charge in [-0.2, -0.15) is 0 Å². The number of carbonyl (C=O) groups excluding carboxylic acids is 1. The van der Waals surface area contributed by atoms with Gasteiger partial charge in [0.05, 0.1) is 6.54 Å². The number of guanidine groups is 1. The summed E-state index contributed by atoms with van der Waals surface area (Å²) in [6.07, 6.45) is 0.918. The third-order valence-corrected chi connectivity index (χ3v) is 5.64. The van der Waals surface area contributed by atoms with Gasteiger partial charge in [-0.25, -0.2) is 4.99 Å². The van der Waals surface area contributed by atoms with E-state index < -0.39 is 0 Å². The summed E-state index contributed by atoms with van der Waals surface area (Å²) >= 11 is 0. The molecule has 1 aromatic carbocycles. The van der Waals surface area contributed by atoms with E-state index in [9.17, 15) is 4.79 Å². The fraction of sp³-hybridized carbons (Fsp3) is 0.652. The molecule has 0 spiro atoms. The SMILES string of the molecule is CCNC(=NCc1cccc(C(=O)NC(C)CC)c1)NC1CN(C(C)C)CC1C. The molecule has 2 rings (SSSR count). The number of hydrogen-bond donors (Lipinski definition) is 3. The molecule has 1 aliphatic rings. The first-order valence-electron chi connectivity index (χ1n) is 11.0.